The van der Waals surface area contributed by atoms with Crippen molar-refractivity contribution in [2.24, 2.45) is 0 Å². The van der Waals surface area contributed by atoms with Crippen molar-refractivity contribution in [3.8, 4) is 5.88 Å². The summed E-state index contributed by atoms with van der Waals surface area (Å²) in [6, 6.07) is 0.00677. The molecular weight excluding hydrogens is 304 g/mol. The summed E-state index contributed by atoms with van der Waals surface area (Å²) in [6.45, 7) is 1.28. The fourth-order valence-electron chi connectivity index (χ4n) is 3.03. The molecule has 1 saturated carbocycles. The number of nitrogens with one attached hydrogen (secondary N) is 1. The van der Waals surface area contributed by atoms with E-state index in [0.717, 1.165) is 38.5 Å². The van der Waals surface area contributed by atoms with Gasteiger partial charge < -0.3 is 4.74 Å². The van der Waals surface area contributed by atoms with Crippen LogP contribution in [0, 0.1) is 0 Å². The molecule has 8 heteroatoms. The number of nitrogens with zero attached hydrogens (tertiary/aromatic N) is 3. The number of ether oxygens (including phenoxy) is 1. The topological polar surface area (TPSA) is 84.4 Å². The van der Waals surface area contributed by atoms with Crippen molar-refractivity contribution in [1.82, 2.24) is 19.0 Å². The van der Waals surface area contributed by atoms with E-state index in [-0.39, 0.29) is 12.1 Å². The van der Waals surface area contributed by atoms with Gasteiger partial charge in [-0.1, -0.05) is 0 Å². The maximum absolute atomic E-state index is 12.2. The Bertz CT molecular complexity index is 567. The van der Waals surface area contributed by atoms with Gasteiger partial charge in [0.2, 0.25) is 5.88 Å². The highest BCUT2D eigenvalue weighted by Gasteiger charge is 2.30. The molecule has 0 bridgehead atoms. The minimum atomic E-state index is -3.32. The summed E-state index contributed by atoms with van der Waals surface area (Å²) in [5, 5.41) is 0. The summed E-state index contributed by atoms with van der Waals surface area (Å²) in [7, 11) is -3.32. The van der Waals surface area contributed by atoms with Gasteiger partial charge >= 0.3 is 0 Å². The van der Waals surface area contributed by atoms with E-state index < -0.39 is 10.2 Å². The molecule has 2 fully saturated rings. The van der Waals surface area contributed by atoms with Crippen molar-refractivity contribution in [3.63, 3.8) is 0 Å². The summed E-state index contributed by atoms with van der Waals surface area (Å²) >= 11 is 0. The molecule has 1 N–H and O–H groups in total. The largest absolute Gasteiger partial charge is 0.473 e. The van der Waals surface area contributed by atoms with Crippen molar-refractivity contribution < 1.29 is 13.2 Å². The van der Waals surface area contributed by atoms with Gasteiger partial charge in [-0.2, -0.15) is 17.4 Å². The van der Waals surface area contributed by atoms with Crippen LogP contribution in [0.3, 0.4) is 0 Å². The first kappa shape index (κ1) is 15.6. The number of aromatic nitrogens is 2. The van der Waals surface area contributed by atoms with E-state index in [9.17, 15) is 8.42 Å². The molecule has 0 aromatic carbocycles. The molecule has 3 rings (SSSR count). The lowest BCUT2D eigenvalue weighted by molar-refractivity contribution is 0.137. The monoisotopic (exact) mass is 326 g/mol. The Balaban J connectivity index is 1.47. The molecule has 2 aliphatic rings. The average molecular weight is 326 g/mol. The number of hydrogen-bond donors (Lipinski definition) is 1. The maximum Gasteiger partial charge on any atom is 0.279 e. The normalized spacial score (nSPS) is 26.9. The van der Waals surface area contributed by atoms with Gasteiger partial charge in [0.25, 0.3) is 10.2 Å². The minimum absolute atomic E-state index is 0.00677. The lowest BCUT2D eigenvalue weighted by atomic mass is 9.94. The molecule has 0 radical (unpaired) electrons. The number of rotatable bonds is 5. The molecule has 7 nitrogen and oxygen atoms in total. The minimum Gasteiger partial charge on any atom is -0.473 e. The SMILES string of the molecule is O=S(=O)(NC1CCC(Oc2cnccn2)CC1)N1CCCC1. The third-order valence-electron chi connectivity index (χ3n) is 4.22. The first-order chi connectivity index (χ1) is 10.6. The summed E-state index contributed by atoms with van der Waals surface area (Å²) in [5.41, 5.74) is 0. The lowest BCUT2D eigenvalue weighted by Crippen LogP contribution is -2.46. The highest BCUT2D eigenvalue weighted by atomic mass is 32.2. The molecule has 2 heterocycles. The van der Waals surface area contributed by atoms with Gasteiger partial charge in [0, 0.05) is 31.5 Å². The molecule has 122 valence electrons. The zero-order chi connectivity index (χ0) is 15.4. The van der Waals surface area contributed by atoms with Crippen molar-refractivity contribution in [3.05, 3.63) is 18.6 Å². The quantitative estimate of drug-likeness (QED) is 0.876. The molecule has 1 aliphatic heterocycles. The predicted octanol–water partition coefficient (Wildman–Crippen LogP) is 1.10. The summed E-state index contributed by atoms with van der Waals surface area (Å²) in [5.74, 6) is 0.531. The van der Waals surface area contributed by atoms with E-state index in [1.807, 2.05) is 0 Å². The van der Waals surface area contributed by atoms with Crippen molar-refractivity contribution in [2.75, 3.05) is 13.1 Å². The predicted molar refractivity (Wildman–Crippen MR) is 81.6 cm³/mol. The Kier molecular flexibility index (Phi) is 4.90. The molecule has 1 aromatic heterocycles. The Hall–Kier alpha value is -1.25. The van der Waals surface area contributed by atoms with Gasteiger partial charge in [0.1, 0.15) is 6.10 Å². The Morgan fingerprint density at radius 1 is 1.14 bits per heavy atom. The number of hydrogen-bond acceptors (Lipinski definition) is 5. The van der Waals surface area contributed by atoms with Gasteiger partial charge in [0.15, 0.2) is 0 Å². The Labute approximate surface area is 131 Å². The van der Waals surface area contributed by atoms with Crippen LogP contribution in [0.1, 0.15) is 38.5 Å². The fourth-order valence-corrected chi connectivity index (χ4v) is 4.57. The van der Waals surface area contributed by atoms with Crippen molar-refractivity contribution in [1.29, 1.82) is 0 Å². The average Bonchev–Trinajstić information content (AvgIpc) is 3.05. The summed E-state index contributed by atoms with van der Waals surface area (Å²) in [6.07, 6.45) is 10.0. The molecule has 1 aliphatic carbocycles. The fraction of sp³-hybridized carbons (Fsp3) is 0.714. The third kappa shape index (κ3) is 3.93. The third-order valence-corrected chi connectivity index (χ3v) is 5.90. The van der Waals surface area contributed by atoms with E-state index in [0.29, 0.717) is 19.0 Å². The zero-order valence-corrected chi connectivity index (χ0v) is 13.3. The van der Waals surface area contributed by atoms with Gasteiger partial charge in [0.05, 0.1) is 6.20 Å². The van der Waals surface area contributed by atoms with Gasteiger partial charge in [-0.3, -0.25) is 4.98 Å². The Morgan fingerprint density at radius 2 is 1.86 bits per heavy atom. The van der Waals surface area contributed by atoms with E-state index in [2.05, 4.69) is 14.7 Å². The van der Waals surface area contributed by atoms with E-state index >= 15 is 0 Å². The maximum atomic E-state index is 12.2. The second-order valence-corrected chi connectivity index (χ2v) is 7.57. The van der Waals surface area contributed by atoms with Crippen LogP contribution in [0.15, 0.2) is 18.6 Å². The highest BCUT2D eigenvalue weighted by molar-refractivity contribution is 7.87. The van der Waals surface area contributed by atoms with Crippen LogP contribution >= 0.6 is 0 Å². The van der Waals surface area contributed by atoms with Crippen molar-refractivity contribution >= 4 is 10.2 Å². The van der Waals surface area contributed by atoms with E-state index in [4.69, 9.17) is 4.74 Å². The zero-order valence-electron chi connectivity index (χ0n) is 12.5. The van der Waals surface area contributed by atoms with Crippen LogP contribution in [0.25, 0.3) is 0 Å². The standard InChI is InChI=1S/C14H22N4O3S/c19-22(20,18-9-1-2-10-18)17-12-3-5-13(6-4-12)21-14-11-15-7-8-16-14/h7-8,11-13,17H,1-6,9-10H2. The molecule has 1 saturated heterocycles. The molecule has 1 aromatic rings. The Morgan fingerprint density at radius 3 is 2.50 bits per heavy atom. The van der Waals surface area contributed by atoms with Gasteiger partial charge in [-0.05, 0) is 38.5 Å². The van der Waals surface area contributed by atoms with Crippen LogP contribution in [-0.2, 0) is 10.2 Å². The molecule has 0 atom stereocenters. The molecule has 0 amide bonds. The van der Waals surface area contributed by atoms with Gasteiger partial charge in [-0.25, -0.2) is 4.98 Å². The van der Waals surface area contributed by atoms with Crippen LogP contribution in [-0.4, -0.2) is 47.9 Å². The summed E-state index contributed by atoms with van der Waals surface area (Å²) < 4.78 is 34.6. The van der Waals surface area contributed by atoms with Crippen LogP contribution in [0.2, 0.25) is 0 Å². The smallest absolute Gasteiger partial charge is 0.279 e. The van der Waals surface area contributed by atoms with E-state index in [1.165, 1.54) is 0 Å². The first-order valence-corrected chi connectivity index (χ1v) is 9.27. The van der Waals surface area contributed by atoms with E-state index in [1.54, 1.807) is 22.9 Å². The molecular formula is C14H22N4O3S. The summed E-state index contributed by atoms with van der Waals surface area (Å²) in [4.78, 5) is 8.07. The lowest BCUT2D eigenvalue weighted by Gasteiger charge is -2.30. The second kappa shape index (κ2) is 6.89. The molecule has 0 unspecified atom stereocenters. The highest BCUT2D eigenvalue weighted by Crippen LogP contribution is 2.23. The van der Waals surface area contributed by atoms with Crippen LogP contribution in [0.4, 0.5) is 0 Å². The molecule has 0 spiro atoms. The first-order valence-electron chi connectivity index (χ1n) is 7.83. The second-order valence-electron chi connectivity index (χ2n) is 5.86. The van der Waals surface area contributed by atoms with Crippen LogP contribution in [0.5, 0.6) is 5.88 Å². The van der Waals surface area contributed by atoms with Crippen molar-refractivity contribution in [2.45, 2.75) is 50.7 Å². The molecule has 22 heavy (non-hydrogen) atoms. The van der Waals surface area contributed by atoms with Gasteiger partial charge in [-0.15, -0.1) is 0 Å². The van der Waals surface area contributed by atoms with Crippen LogP contribution < -0.4 is 9.46 Å².